The molecule has 0 spiro atoms. The molecule has 2 N–H and O–H groups in total. The van der Waals surface area contributed by atoms with E-state index in [0.29, 0.717) is 10.6 Å². The Bertz CT molecular complexity index is 616. The van der Waals surface area contributed by atoms with Crippen molar-refractivity contribution >= 4 is 23.2 Å². The smallest absolute Gasteiger partial charge is 0.228 e. The van der Waals surface area contributed by atoms with Crippen molar-refractivity contribution in [3.05, 3.63) is 58.9 Å². The van der Waals surface area contributed by atoms with Crippen molar-refractivity contribution in [3.8, 4) is 5.75 Å². The summed E-state index contributed by atoms with van der Waals surface area (Å²) in [5, 5.41) is 12.5. The topological polar surface area (TPSA) is 49.3 Å². The highest BCUT2D eigenvalue weighted by molar-refractivity contribution is 6.31. The highest BCUT2D eigenvalue weighted by atomic mass is 35.5. The molecule has 0 fully saturated rings. The van der Waals surface area contributed by atoms with Gasteiger partial charge in [-0.05, 0) is 35.9 Å². The van der Waals surface area contributed by atoms with E-state index in [9.17, 15) is 14.3 Å². The number of halogens is 2. The number of benzene rings is 2. The zero-order valence-electron chi connectivity index (χ0n) is 9.86. The minimum Gasteiger partial charge on any atom is -0.506 e. The van der Waals surface area contributed by atoms with Crippen molar-refractivity contribution in [3.63, 3.8) is 0 Å². The molecule has 0 saturated heterocycles. The van der Waals surface area contributed by atoms with Crippen LogP contribution in [0.15, 0.2) is 42.5 Å². The summed E-state index contributed by atoms with van der Waals surface area (Å²) in [6.45, 7) is 0. The van der Waals surface area contributed by atoms with E-state index in [1.807, 2.05) is 0 Å². The van der Waals surface area contributed by atoms with Crippen LogP contribution in [0.3, 0.4) is 0 Å². The summed E-state index contributed by atoms with van der Waals surface area (Å²) in [5.74, 6) is -0.823. The molecule has 1 amide bonds. The Morgan fingerprint density at radius 2 is 2.05 bits per heavy atom. The van der Waals surface area contributed by atoms with Gasteiger partial charge in [-0.15, -0.1) is 0 Å². The first-order valence-electron chi connectivity index (χ1n) is 5.57. The molecule has 0 heterocycles. The van der Waals surface area contributed by atoms with Gasteiger partial charge < -0.3 is 10.4 Å². The SMILES string of the molecule is O=C(Cc1cccc(F)c1)Nc1cc(Cl)ccc1O. The van der Waals surface area contributed by atoms with Gasteiger partial charge in [0.1, 0.15) is 11.6 Å². The highest BCUT2D eigenvalue weighted by Gasteiger charge is 2.08. The third-order valence-electron chi connectivity index (χ3n) is 2.49. The van der Waals surface area contributed by atoms with Crippen LogP contribution in [-0.4, -0.2) is 11.0 Å². The van der Waals surface area contributed by atoms with Crippen molar-refractivity contribution < 1.29 is 14.3 Å². The van der Waals surface area contributed by atoms with Crippen LogP contribution in [0.25, 0.3) is 0 Å². The Morgan fingerprint density at radius 3 is 2.79 bits per heavy atom. The molecule has 0 aromatic heterocycles. The van der Waals surface area contributed by atoms with Crippen LogP contribution in [-0.2, 0) is 11.2 Å². The standard InChI is InChI=1S/C14H11ClFNO2/c15-10-4-5-13(18)12(8-10)17-14(19)7-9-2-1-3-11(16)6-9/h1-6,8,18H,7H2,(H,17,19). The van der Waals surface area contributed by atoms with Gasteiger partial charge in [0, 0.05) is 5.02 Å². The molecule has 2 aromatic rings. The number of carbonyl (C=O) groups is 1. The molecule has 0 bridgehead atoms. The maximum Gasteiger partial charge on any atom is 0.228 e. The number of phenolic OH excluding ortho intramolecular Hbond substituents is 1. The molecule has 0 aliphatic heterocycles. The van der Waals surface area contributed by atoms with Crippen LogP contribution in [0.2, 0.25) is 5.02 Å². The fraction of sp³-hybridized carbons (Fsp3) is 0.0714. The molecule has 0 aliphatic rings. The lowest BCUT2D eigenvalue weighted by atomic mass is 10.1. The number of anilines is 1. The second-order valence-corrected chi connectivity index (χ2v) is 4.45. The number of carbonyl (C=O) groups excluding carboxylic acids is 1. The third-order valence-corrected chi connectivity index (χ3v) is 2.72. The van der Waals surface area contributed by atoms with Gasteiger partial charge in [0.05, 0.1) is 12.1 Å². The summed E-state index contributed by atoms with van der Waals surface area (Å²) in [7, 11) is 0. The van der Waals surface area contributed by atoms with Crippen LogP contribution in [0.1, 0.15) is 5.56 Å². The largest absolute Gasteiger partial charge is 0.506 e. The Kier molecular flexibility index (Phi) is 4.02. The van der Waals surface area contributed by atoms with Crippen molar-refractivity contribution in [1.82, 2.24) is 0 Å². The Balaban J connectivity index is 2.07. The van der Waals surface area contributed by atoms with Crippen LogP contribution >= 0.6 is 11.6 Å². The van der Waals surface area contributed by atoms with E-state index < -0.39 is 5.82 Å². The molecular weight excluding hydrogens is 269 g/mol. The average molecular weight is 280 g/mol. The monoisotopic (exact) mass is 279 g/mol. The lowest BCUT2D eigenvalue weighted by Gasteiger charge is -2.07. The summed E-state index contributed by atoms with van der Waals surface area (Å²) in [4.78, 5) is 11.8. The molecule has 2 aromatic carbocycles. The van der Waals surface area contributed by atoms with Gasteiger partial charge in [-0.2, -0.15) is 0 Å². The molecule has 0 saturated carbocycles. The fourth-order valence-corrected chi connectivity index (χ4v) is 1.81. The summed E-state index contributed by atoms with van der Waals surface area (Å²) < 4.78 is 13.0. The van der Waals surface area contributed by atoms with Crippen molar-refractivity contribution in [2.45, 2.75) is 6.42 Å². The van der Waals surface area contributed by atoms with Gasteiger partial charge in [0.15, 0.2) is 0 Å². The van der Waals surface area contributed by atoms with E-state index in [-0.39, 0.29) is 23.8 Å². The van der Waals surface area contributed by atoms with Gasteiger partial charge in [-0.1, -0.05) is 23.7 Å². The van der Waals surface area contributed by atoms with Crippen LogP contribution in [0.4, 0.5) is 10.1 Å². The molecule has 5 heteroatoms. The number of phenols is 1. The number of nitrogens with one attached hydrogen (secondary N) is 1. The van der Waals surface area contributed by atoms with Gasteiger partial charge in [0.25, 0.3) is 0 Å². The number of hydrogen-bond acceptors (Lipinski definition) is 2. The number of amides is 1. The molecule has 0 aliphatic carbocycles. The Morgan fingerprint density at radius 1 is 1.26 bits per heavy atom. The lowest BCUT2D eigenvalue weighted by molar-refractivity contribution is -0.115. The van der Waals surface area contributed by atoms with E-state index in [0.717, 1.165) is 0 Å². The maximum absolute atomic E-state index is 13.0. The first-order valence-corrected chi connectivity index (χ1v) is 5.95. The van der Waals surface area contributed by atoms with Crippen molar-refractivity contribution in [2.75, 3.05) is 5.32 Å². The predicted octanol–water partition coefficient (Wildman–Crippen LogP) is 3.37. The highest BCUT2D eigenvalue weighted by Crippen LogP contribution is 2.26. The van der Waals surface area contributed by atoms with Gasteiger partial charge >= 0.3 is 0 Å². The van der Waals surface area contributed by atoms with Crippen molar-refractivity contribution in [1.29, 1.82) is 0 Å². The molecule has 19 heavy (non-hydrogen) atoms. The second kappa shape index (κ2) is 5.71. The van der Waals surface area contributed by atoms with E-state index in [1.165, 1.54) is 36.4 Å². The third kappa shape index (κ3) is 3.69. The summed E-state index contributed by atoms with van der Waals surface area (Å²) in [5.41, 5.74) is 0.785. The van der Waals surface area contributed by atoms with Gasteiger partial charge in [0.2, 0.25) is 5.91 Å². The minimum absolute atomic E-state index is 0.0176. The zero-order chi connectivity index (χ0) is 13.8. The van der Waals surface area contributed by atoms with Crippen LogP contribution < -0.4 is 5.32 Å². The van der Waals surface area contributed by atoms with E-state index in [2.05, 4.69) is 5.32 Å². The molecule has 98 valence electrons. The van der Waals surface area contributed by atoms with Gasteiger partial charge in [-0.3, -0.25) is 4.79 Å². The number of rotatable bonds is 3. The number of aromatic hydroxyl groups is 1. The fourth-order valence-electron chi connectivity index (χ4n) is 1.64. The Hall–Kier alpha value is -2.07. The summed E-state index contributed by atoms with van der Waals surface area (Å²) in [6, 6.07) is 10.1. The second-order valence-electron chi connectivity index (χ2n) is 4.02. The van der Waals surface area contributed by atoms with E-state index >= 15 is 0 Å². The molecule has 3 nitrogen and oxygen atoms in total. The summed E-state index contributed by atoms with van der Waals surface area (Å²) >= 11 is 5.77. The van der Waals surface area contributed by atoms with Gasteiger partial charge in [-0.25, -0.2) is 4.39 Å². The molecule has 2 rings (SSSR count). The lowest BCUT2D eigenvalue weighted by Crippen LogP contribution is -2.14. The quantitative estimate of drug-likeness (QED) is 0.847. The van der Waals surface area contributed by atoms with Crippen LogP contribution in [0, 0.1) is 5.82 Å². The maximum atomic E-state index is 13.0. The van der Waals surface area contributed by atoms with Crippen LogP contribution in [0.5, 0.6) is 5.75 Å². The zero-order valence-corrected chi connectivity index (χ0v) is 10.6. The molecular formula is C14H11ClFNO2. The summed E-state index contributed by atoms with van der Waals surface area (Å²) in [6.07, 6.45) is 0.0176. The first kappa shape index (κ1) is 13.4. The molecule has 0 unspecified atom stereocenters. The van der Waals surface area contributed by atoms with Crippen molar-refractivity contribution in [2.24, 2.45) is 0 Å². The normalized spacial score (nSPS) is 10.2. The Labute approximate surface area is 114 Å². The minimum atomic E-state index is -0.393. The molecule has 0 atom stereocenters. The molecule has 0 radical (unpaired) electrons. The number of hydrogen-bond donors (Lipinski definition) is 2. The van der Waals surface area contributed by atoms with E-state index in [1.54, 1.807) is 6.07 Å². The predicted molar refractivity (Wildman–Crippen MR) is 71.9 cm³/mol. The first-order chi connectivity index (χ1) is 9.04. The van der Waals surface area contributed by atoms with E-state index in [4.69, 9.17) is 11.6 Å². The average Bonchev–Trinajstić information content (AvgIpc) is 2.34.